The van der Waals surface area contributed by atoms with Crippen LogP contribution >= 0.6 is 23.1 Å². The molecule has 0 aliphatic carbocycles. The Morgan fingerprint density at radius 2 is 1.80 bits per heavy atom. The summed E-state index contributed by atoms with van der Waals surface area (Å²) in [4.78, 5) is 31.0. The second-order valence-corrected chi connectivity index (χ2v) is 8.68. The van der Waals surface area contributed by atoms with Gasteiger partial charge in [-0.1, -0.05) is 72.4 Å². The molecule has 152 valence electrons. The lowest BCUT2D eigenvalue weighted by molar-refractivity contribution is -0.118. The second kappa shape index (κ2) is 9.28. The molecule has 0 unspecified atom stereocenters. The van der Waals surface area contributed by atoms with Gasteiger partial charge in [0, 0.05) is 18.0 Å². The third-order valence-corrected chi connectivity index (χ3v) is 6.78. The van der Waals surface area contributed by atoms with Gasteiger partial charge < -0.3 is 5.32 Å². The van der Waals surface area contributed by atoms with Gasteiger partial charge in [-0.05, 0) is 24.1 Å². The van der Waals surface area contributed by atoms with Gasteiger partial charge in [-0.15, -0.1) is 11.3 Å². The number of rotatable bonds is 7. The highest BCUT2D eigenvalue weighted by Crippen LogP contribution is 2.31. The van der Waals surface area contributed by atoms with E-state index in [0.717, 1.165) is 16.0 Å². The van der Waals surface area contributed by atoms with Crippen molar-refractivity contribution in [3.05, 3.63) is 82.6 Å². The summed E-state index contributed by atoms with van der Waals surface area (Å²) in [5.41, 5.74) is 2.74. The molecule has 0 atom stereocenters. The standard InChI is InChI=1S/C23H21N3O2S2/c1-2-26-22(28)21-18(13-19(30-21)17-11-7-4-8-12-17)25-23(26)29-15-20(27)24-14-16-9-5-3-6-10-16/h3-13H,2,14-15H2,1H3,(H,24,27). The van der Waals surface area contributed by atoms with Crippen LogP contribution in [0.5, 0.6) is 0 Å². The predicted molar refractivity (Wildman–Crippen MR) is 124 cm³/mol. The second-order valence-electron chi connectivity index (χ2n) is 6.69. The number of amides is 1. The number of nitrogens with one attached hydrogen (secondary N) is 1. The zero-order valence-corrected chi connectivity index (χ0v) is 18.1. The molecule has 0 fully saturated rings. The van der Waals surface area contributed by atoms with Crippen molar-refractivity contribution in [1.82, 2.24) is 14.9 Å². The smallest absolute Gasteiger partial charge is 0.272 e. The number of fused-ring (bicyclic) bond motifs is 1. The largest absolute Gasteiger partial charge is 0.351 e. The van der Waals surface area contributed by atoms with Crippen molar-refractivity contribution in [3.63, 3.8) is 0 Å². The van der Waals surface area contributed by atoms with Crippen molar-refractivity contribution in [2.45, 2.75) is 25.2 Å². The minimum absolute atomic E-state index is 0.0538. The number of aromatic nitrogens is 2. The van der Waals surface area contributed by atoms with E-state index < -0.39 is 0 Å². The summed E-state index contributed by atoms with van der Waals surface area (Å²) in [6, 6.07) is 21.7. The average molecular weight is 436 g/mol. The Labute approximate surface area is 182 Å². The first-order valence-electron chi connectivity index (χ1n) is 9.69. The minimum atomic E-state index is -0.0869. The van der Waals surface area contributed by atoms with Crippen LogP contribution < -0.4 is 10.9 Å². The molecule has 4 rings (SSSR count). The van der Waals surface area contributed by atoms with Gasteiger partial charge in [-0.25, -0.2) is 4.98 Å². The molecule has 0 aliphatic rings. The fourth-order valence-electron chi connectivity index (χ4n) is 3.10. The number of benzene rings is 2. The first kappa shape index (κ1) is 20.4. The van der Waals surface area contributed by atoms with Gasteiger partial charge in [0.05, 0.1) is 11.3 Å². The summed E-state index contributed by atoms with van der Waals surface area (Å²) < 4.78 is 2.29. The quantitative estimate of drug-likeness (QED) is 0.342. The maximum Gasteiger partial charge on any atom is 0.272 e. The Bertz CT molecular complexity index is 1220. The molecule has 0 saturated heterocycles. The van der Waals surface area contributed by atoms with Gasteiger partial charge in [0.1, 0.15) is 4.70 Å². The molecule has 0 saturated carbocycles. The van der Waals surface area contributed by atoms with Crippen LogP contribution in [0, 0.1) is 0 Å². The number of carbonyl (C=O) groups excluding carboxylic acids is 1. The van der Waals surface area contributed by atoms with Crippen LogP contribution in [-0.4, -0.2) is 21.2 Å². The molecule has 0 aliphatic heterocycles. The van der Waals surface area contributed by atoms with Gasteiger partial charge in [-0.2, -0.15) is 0 Å². The van der Waals surface area contributed by atoms with E-state index in [-0.39, 0.29) is 17.2 Å². The van der Waals surface area contributed by atoms with Crippen molar-refractivity contribution < 1.29 is 4.79 Å². The summed E-state index contributed by atoms with van der Waals surface area (Å²) in [7, 11) is 0. The molecule has 7 heteroatoms. The maximum atomic E-state index is 13.0. The molecule has 0 bridgehead atoms. The topological polar surface area (TPSA) is 64.0 Å². The first-order chi connectivity index (χ1) is 14.7. The van der Waals surface area contributed by atoms with Crippen molar-refractivity contribution in [2.75, 3.05) is 5.75 Å². The van der Waals surface area contributed by atoms with E-state index in [9.17, 15) is 9.59 Å². The number of hydrogen-bond donors (Lipinski definition) is 1. The third-order valence-electron chi connectivity index (χ3n) is 4.64. The van der Waals surface area contributed by atoms with Crippen molar-refractivity contribution in [3.8, 4) is 10.4 Å². The number of thioether (sulfide) groups is 1. The monoisotopic (exact) mass is 435 g/mol. The molecular formula is C23H21N3O2S2. The van der Waals surface area contributed by atoms with Crippen LogP contribution in [0.15, 0.2) is 76.7 Å². The molecule has 1 N–H and O–H groups in total. The number of nitrogens with zero attached hydrogens (tertiary/aromatic N) is 2. The van der Waals surface area contributed by atoms with Gasteiger partial charge in [0.25, 0.3) is 5.56 Å². The van der Waals surface area contributed by atoms with Crippen LogP contribution in [0.3, 0.4) is 0 Å². The highest BCUT2D eigenvalue weighted by atomic mass is 32.2. The molecule has 2 aromatic heterocycles. The lowest BCUT2D eigenvalue weighted by Gasteiger charge is -2.10. The highest BCUT2D eigenvalue weighted by Gasteiger charge is 2.15. The molecule has 2 aromatic carbocycles. The normalized spacial score (nSPS) is 11.0. The number of hydrogen-bond acceptors (Lipinski definition) is 5. The fourth-order valence-corrected chi connectivity index (χ4v) is 5.05. The zero-order valence-electron chi connectivity index (χ0n) is 16.5. The Balaban J connectivity index is 1.53. The summed E-state index contributed by atoms with van der Waals surface area (Å²) >= 11 is 2.75. The third kappa shape index (κ3) is 4.47. The average Bonchev–Trinajstić information content (AvgIpc) is 3.22. The van der Waals surface area contributed by atoms with Gasteiger partial charge in [-0.3, -0.25) is 14.2 Å². The number of thiophene rings is 1. The van der Waals surface area contributed by atoms with E-state index in [0.29, 0.717) is 28.5 Å². The van der Waals surface area contributed by atoms with Crippen LogP contribution in [0.25, 0.3) is 20.7 Å². The Hall–Kier alpha value is -2.90. The van der Waals surface area contributed by atoms with E-state index in [1.54, 1.807) is 4.57 Å². The Morgan fingerprint density at radius 3 is 2.50 bits per heavy atom. The zero-order chi connectivity index (χ0) is 20.9. The van der Waals surface area contributed by atoms with Crippen LogP contribution in [0.4, 0.5) is 0 Å². The predicted octanol–water partition coefficient (Wildman–Crippen LogP) is 4.55. The van der Waals surface area contributed by atoms with Crippen molar-refractivity contribution >= 4 is 39.2 Å². The van der Waals surface area contributed by atoms with E-state index in [4.69, 9.17) is 4.98 Å². The Kier molecular flexibility index (Phi) is 6.30. The van der Waals surface area contributed by atoms with E-state index in [2.05, 4.69) is 5.32 Å². The Morgan fingerprint density at radius 1 is 1.10 bits per heavy atom. The first-order valence-corrected chi connectivity index (χ1v) is 11.5. The molecule has 0 spiro atoms. The van der Waals surface area contributed by atoms with Crippen LogP contribution in [0.2, 0.25) is 0 Å². The summed E-state index contributed by atoms with van der Waals surface area (Å²) in [6.07, 6.45) is 0. The summed E-state index contributed by atoms with van der Waals surface area (Å²) in [6.45, 7) is 2.91. The number of carbonyl (C=O) groups is 1. The van der Waals surface area contributed by atoms with Gasteiger partial charge in [0.2, 0.25) is 5.91 Å². The SMILES string of the molecule is CCn1c(SCC(=O)NCc2ccccc2)nc2cc(-c3ccccc3)sc2c1=O. The lowest BCUT2D eigenvalue weighted by Crippen LogP contribution is -2.26. The van der Waals surface area contributed by atoms with Crippen molar-refractivity contribution in [1.29, 1.82) is 0 Å². The summed E-state index contributed by atoms with van der Waals surface area (Å²) in [5, 5.41) is 3.48. The minimum Gasteiger partial charge on any atom is -0.351 e. The molecular weight excluding hydrogens is 414 g/mol. The molecule has 1 amide bonds. The molecule has 0 radical (unpaired) electrons. The van der Waals surface area contributed by atoms with Crippen molar-refractivity contribution in [2.24, 2.45) is 0 Å². The van der Waals surface area contributed by atoms with E-state index >= 15 is 0 Å². The molecule has 30 heavy (non-hydrogen) atoms. The molecule has 5 nitrogen and oxygen atoms in total. The van der Waals surface area contributed by atoms with Crippen LogP contribution in [0.1, 0.15) is 12.5 Å². The maximum absolute atomic E-state index is 13.0. The summed E-state index contributed by atoms with van der Waals surface area (Å²) in [5.74, 6) is 0.122. The van der Waals surface area contributed by atoms with E-state index in [1.165, 1.54) is 23.1 Å². The van der Waals surface area contributed by atoms with Crippen LogP contribution in [-0.2, 0) is 17.9 Å². The van der Waals surface area contributed by atoms with Gasteiger partial charge >= 0.3 is 0 Å². The molecule has 4 aromatic rings. The highest BCUT2D eigenvalue weighted by molar-refractivity contribution is 7.99. The molecule has 2 heterocycles. The van der Waals surface area contributed by atoms with E-state index in [1.807, 2.05) is 73.7 Å². The van der Waals surface area contributed by atoms with Gasteiger partial charge in [0.15, 0.2) is 5.16 Å². The fraction of sp³-hybridized carbons (Fsp3) is 0.174. The lowest BCUT2D eigenvalue weighted by atomic mass is 10.2.